The molecule has 0 amide bonds. The maximum Gasteiger partial charge on any atom is 0.0714 e. The van der Waals surface area contributed by atoms with Gasteiger partial charge in [0.1, 0.15) is 0 Å². The van der Waals surface area contributed by atoms with E-state index in [0.717, 1.165) is 28.2 Å². The summed E-state index contributed by atoms with van der Waals surface area (Å²) in [6.07, 6.45) is 0. The zero-order valence-corrected chi connectivity index (χ0v) is 41.2. The van der Waals surface area contributed by atoms with Crippen molar-refractivity contribution in [1.82, 2.24) is 0 Å². The molecule has 350 valence electrons. The largest absolute Gasteiger partial charge is 0.310 e. The second kappa shape index (κ2) is 17.0. The zero-order valence-electron chi connectivity index (χ0n) is 41.2. The summed E-state index contributed by atoms with van der Waals surface area (Å²) in [5.41, 5.74) is 19.5. The second-order valence-electron chi connectivity index (χ2n) is 20.2. The number of nitrogens with zero attached hydrogens (tertiary/aromatic N) is 1. The number of rotatable bonds is 8. The molecular weight excluding hydrogens is 903 g/mol. The smallest absolute Gasteiger partial charge is 0.0714 e. The lowest BCUT2D eigenvalue weighted by Crippen LogP contribution is -2.29. The average Bonchev–Trinajstić information content (AvgIpc) is 4.11. The molecule has 0 aliphatic heterocycles. The first kappa shape index (κ1) is 43.1. The molecule has 0 saturated carbocycles. The molecule has 0 spiro atoms. The summed E-state index contributed by atoms with van der Waals surface area (Å²) in [6.45, 7) is 0. The van der Waals surface area contributed by atoms with Gasteiger partial charge in [-0.2, -0.15) is 0 Å². The molecule has 0 unspecified atom stereocenters. The standard InChI is InChI=1S/C74H49N/c1-6-24-50(25-7-1)65-48-67-63-39-21-23-41-69(63)74(53-30-12-4-13-31-53,54-32-14-5-15-33-54)71(67)49-72(65)75(55-42-44-61-59-36-17-16-34-57(59)58-35-18-19-37-60(58)66(61)46-55)56-43-45-64-62-38-20-22-40-68(62)73(70(64)47-56,51-26-8-2-9-27-51)52-28-10-3-11-29-52/h1-49H. The highest BCUT2D eigenvalue weighted by Crippen LogP contribution is 2.61. The van der Waals surface area contributed by atoms with E-state index >= 15 is 0 Å². The molecule has 13 aromatic carbocycles. The van der Waals surface area contributed by atoms with Crippen LogP contribution in [0, 0.1) is 0 Å². The molecule has 1 heteroatoms. The van der Waals surface area contributed by atoms with Crippen LogP contribution in [0.2, 0.25) is 0 Å². The molecule has 2 aliphatic carbocycles. The fourth-order valence-electron chi connectivity index (χ4n) is 13.5. The number of anilines is 3. The zero-order chi connectivity index (χ0) is 49.5. The normalized spacial score (nSPS) is 13.5. The van der Waals surface area contributed by atoms with Crippen LogP contribution in [0.15, 0.2) is 297 Å². The number of hydrogen-bond donors (Lipinski definition) is 0. The van der Waals surface area contributed by atoms with Gasteiger partial charge in [0, 0.05) is 16.9 Å². The van der Waals surface area contributed by atoms with Gasteiger partial charge in [0.15, 0.2) is 0 Å². The second-order valence-corrected chi connectivity index (χ2v) is 20.2. The first-order chi connectivity index (χ1) is 37.2. The lowest BCUT2D eigenvalue weighted by molar-refractivity contribution is 0.767. The Hall–Kier alpha value is -9.56. The van der Waals surface area contributed by atoms with Crippen LogP contribution in [0.3, 0.4) is 0 Å². The van der Waals surface area contributed by atoms with Crippen molar-refractivity contribution < 1.29 is 0 Å². The predicted molar refractivity (Wildman–Crippen MR) is 314 cm³/mol. The van der Waals surface area contributed by atoms with Crippen LogP contribution >= 0.6 is 0 Å². The summed E-state index contributed by atoms with van der Waals surface area (Å²) >= 11 is 0. The van der Waals surface area contributed by atoms with Crippen molar-refractivity contribution in [2.24, 2.45) is 0 Å². The molecule has 0 heterocycles. The summed E-state index contributed by atoms with van der Waals surface area (Å²) in [6, 6.07) is 111. The minimum atomic E-state index is -0.613. The lowest BCUT2D eigenvalue weighted by atomic mass is 9.67. The van der Waals surface area contributed by atoms with Gasteiger partial charge in [-0.15, -0.1) is 0 Å². The molecule has 0 saturated heterocycles. The molecule has 0 fully saturated rings. The fraction of sp³-hybridized carbons (Fsp3) is 0.0270. The van der Waals surface area contributed by atoms with Gasteiger partial charge < -0.3 is 4.90 Å². The quantitative estimate of drug-likeness (QED) is 0.137. The summed E-state index contributed by atoms with van der Waals surface area (Å²) in [4.78, 5) is 2.58. The summed E-state index contributed by atoms with van der Waals surface area (Å²) in [5.74, 6) is 0. The topological polar surface area (TPSA) is 3.24 Å². The maximum absolute atomic E-state index is 2.58. The third kappa shape index (κ3) is 6.25. The van der Waals surface area contributed by atoms with E-state index in [1.54, 1.807) is 0 Å². The lowest BCUT2D eigenvalue weighted by Gasteiger charge is -2.36. The number of hydrogen-bond acceptors (Lipinski definition) is 1. The van der Waals surface area contributed by atoms with Gasteiger partial charge in [0.25, 0.3) is 0 Å². The Labute approximate surface area is 437 Å². The Morgan fingerprint density at radius 2 is 0.573 bits per heavy atom. The van der Waals surface area contributed by atoms with Crippen molar-refractivity contribution in [1.29, 1.82) is 0 Å². The Bertz CT molecular complexity index is 4220. The van der Waals surface area contributed by atoms with Crippen molar-refractivity contribution >= 4 is 49.4 Å². The predicted octanol–water partition coefficient (Wildman–Crippen LogP) is 19.0. The van der Waals surface area contributed by atoms with Crippen molar-refractivity contribution in [2.75, 3.05) is 4.90 Å². The van der Waals surface area contributed by atoms with Crippen LogP contribution in [0.25, 0.3) is 65.7 Å². The molecule has 13 aromatic rings. The minimum absolute atomic E-state index is 0.591. The van der Waals surface area contributed by atoms with E-state index in [-0.39, 0.29) is 0 Å². The van der Waals surface area contributed by atoms with E-state index in [0.29, 0.717) is 0 Å². The first-order valence-electron chi connectivity index (χ1n) is 26.2. The summed E-state index contributed by atoms with van der Waals surface area (Å²) in [5, 5.41) is 7.48. The van der Waals surface area contributed by atoms with Gasteiger partial charge in [0.05, 0.1) is 16.5 Å². The summed E-state index contributed by atoms with van der Waals surface area (Å²) < 4.78 is 0. The Balaban J connectivity index is 1.09. The van der Waals surface area contributed by atoms with Crippen molar-refractivity contribution in [3.8, 4) is 33.4 Å². The molecule has 15 rings (SSSR count). The monoisotopic (exact) mass is 951 g/mol. The molecule has 2 aliphatic rings. The highest BCUT2D eigenvalue weighted by molar-refractivity contribution is 6.26. The van der Waals surface area contributed by atoms with Gasteiger partial charge in [-0.25, -0.2) is 0 Å². The number of benzene rings is 13. The Morgan fingerprint density at radius 3 is 1.08 bits per heavy atom. The molecule has 0 bridgehead atoms. The van der Waals surface area contributed by atoms with Crippen LogP contribution in [-0.2, 0) is 10.8 Å². The van der Waals surface area contributed by atoms with E-state index in [2.05, 4.69) is 302 Å². The van der Waals surface area contributed by atoms with Gasteiger partial charge >= 0.3 is 0 Å². The molecule has 75 heavy (non-hydrogen) atoms. The molecule has 0 aromatic heterocycles. The van der Waals surface area contributed by atoms with Gasteiger partial charge in [-0.3, -0.25) is 0 Å². The van der Waals surface area contributed by atoms with Crippen LogP contribution < -0.4 is 4.90 Å². The van der Waals surface area contributed by atoms with Gasteiger partial charge in [-0.1, -0.05) is 261 Å². The van der Waals surface area contributed by atoms with Crippen LogP contribution in [-0.4, -0.2) is 0 Å². The van der Waals surface area contributed by atoms with Crippen LogP contribution in [0.1, 0.15) is 44.5 Å². The third-order valence-corrected chi connectivity index (χ3v) is 16.6. The average molecular weight is 952 g/mol. The van der Waals surface area contributed by atoms with E-state index in [4.69, 9.17) is 0 Å². The first-order valence-corrected chi connectivity index (χ1v) is 26.2. The highest BCUT2D eigenvalue weighted by atomic mass is 15.1. The van der Waals surface area contributed by atoms with E-state index < -0.39 is 10.8 Å². The fourth-order valence-corrected chi connectivity index (χ4v) is 13.5. The maximum atomic E-state index is 2.58. The molecule has 0 atom stereocenters. The molecule has 0 radical (unpaired) electrons. The van der Waals surface area contributed by atoms with Crippen LogP contribution in [0.5, 0.6) is 0 Å². The minimum Gasteiger partial charge on any atom is -0.310 e. The van der Waals surface area contributed by atoms with E-state index in [1.165, 1.54) is 99.1 Å². The highest BCUT2D eigenvalue weighted by Gasteiger charge is 2.48. The van der Waals surface area contributed by atoms with Crippen molar-refractivity contribution in [3.05, 3.63) is 342 Å². The van der Waals surface area contributed by atoms with Crippen molar-refractivity contribution in [2.45, 2.75) is 10.8 Å². The Kier molecular flexibility index (Phi) is 9.77. The van der Waals surface area contributed by atoms with Gasteiger partial charge in [-0.05, 0) is 141 Å². The number of fused-ring (bicyclic) bond motifs is 12. The molecular formula is C74H49N. The van der Waals surface area contributed by atoms with E-state index in [9.17, 15) is 0 Å². The van der Waals surface area contributed by atoms with Gasteiger partial charge in [0.2, 0.25) is 0 Å². The molecule has 1 nitrogen and oxygen atoms in total. The molecule has 0 N–H and O–H groups in total. The summed E-state index contributed by atoms with van der Waals surface area (Å²) in [7, 11) is 0. The van der Waals surface area contributed by atoms with E-state index in [1.807, 2.05) is 0 Å². The Morgan fingerprint density at radius 1 is 0.213 bits per heavy atom. The van der Waals surface area contributed by atoms with Crippen molar-refractivity contribution in [3.63, 3.8) is 0 Å². The third-order valence-electron chi connectivity index (χ3n) is 16.6. The van der Waals surface area contributed by atoms with Crippen LogP contribution in [0.4, 0.5) is 17.1 Å². The SMILES string of the molecule is c1ccc(-c2cc3c(cc2N(c2ccc4c(c2)C(c2ccccc2)(c2ccccc2)c2ccccc2-4)c2ccc4c5ccccc5c5ccccc5c4c2)C(c2ccccc2)(c2ccccc2)c2ccccc2-3)cc1.